The molecule has 0 N–H and O–H groups in total. The summed E-state index contributed by atoms with van der Waals surface area (Å²) in [4.78, 5) is 19.9. The Morgan fingerprint density at radius 3 is 2.67 bits per heavy atom. The SMILES string of the molecule is Cc1cccc(OCc2nn(C)c3c2CN(C(=O)C2(c4ccccc4)CC2)CC3)n1. The molecule has 3 heterocycles. The Balaban J connectivity index is 1.35. The van der Waals surface area contributed by atoms with E-state index >= 15 is 0 Å². The maximum Gasteiger partial charge on any atom is 0.233 e. The summed E-state index contributed by atoms with van der Waals surface area (Å²) in [7, 11) is 1.97. The van der Waals surface area contributed by atoms with Crippen molar-refractivity contribution in [1.82, 2.24) is 19.7 Å². The average molecular weight is 402 g/mol. The molecule has 1 aliphatic carbocycles. The highest BCUT2D eigenvalue weighted by Crippen LogP contribution is 2.50. The molecule has 5 rings (SSSR count). The first kappa shape index (κ1) is 18.9. The van der Waals surface area contributed by atoms with Gasteiger partial charge in [-0.25, -0.2) is 4.98 Å². The minimum absolute atomic E-state index is 0.246. The third-order valence-electron chi connectivity index (χ3n) is 6.32. The van der Waals surface area contributed by atoms with E-state index in [4.69, 9.17) is 4.74 Å². The Hall–Kier alpha value is -3.15. The van der Waals surface area contributed by atoms with Crippen molar-refractivity contribution in [3.63, 3.8) is 0 Å². The lowest BCUT2D eigenvalue weighted by Gasteiger charge is -2.31. The first-order valence-corrected chi connectivity index (χ1v) is 10.5. The first-order valence-electron chi connectivity index (χ1n) is 10.5. The molecule has 0 saturated heterocycles. The van der Waals surface area contributed by atoms with Crippen molar-refractivity contribution in [2.45, 2.75) is 44.8 Å². The van der Waals surface area contributed by atoms with Crippen molar-refractivity contribution < 1.29 is 9.53 Å². The van der Waals surface area contributed by atoms with E-state index in [2.05, 4.69) is 22.2 Å². The van der Waals surface area contributed by atoms with Gasteiger partial charge in [0.25, 0.3) is 0 Å². The largest absolute Gasteiger partial charge is 0.471 e. The number of pyridine rings is 1. The molecule has 1 saturated carbocycles. The Kier molecular flexibility index (Phi) is 4.57. The van der Waals surface area contributed by atoms with Crippen LogP contribution >= 0.6 is 0 Å². The zero-order valence-electron chi connectivity index (χ0n) is 17.5. The van der Waals surface area contributed by atoms with Gasteiger partial charge in [-0.05, 0) is 31.4 Å². The molecule has 0 spiro atoms. The summed E-state index contributed by atoms with van der Waals surface area (Å²) in [5.74, 6) is 0.842. The molecule has 0 bridgehead atoms. The van der Waals surface area contributed by atoms with Crippen molar-refractivity contribution in [2.75, 3.05) is 6.54 Å². The van der Waals surface area contributed by atoms with E-state index in [-0.39, 0.29) is 11.3 Å². The number of amides is 1. The van der Waals surface area contributed by atoms with Crippen molar-refractivity contribution in [1.29, 1.82) is 0 Å². The predicted molar refractivity (Wildman–Crippen MR) is 113 cm³/mol. The lowest BCUT2D eigenvalue weighted by molar-refractivity contribution is -0.135. The van der Waals surface area contributed by atoms with Gasteiger partial charge in [-0.3, -0.25) is 9.48 Å². The van der Waals surface area contributed by atoms with Gasteiger partial charge >= 0.3 is 0 Å². The van der Waals surface area contributed by atoms with Crippen LogP contribution in [0.25, 0.3) is 0 Å². The fraction of sp³-hybridized carbons (Fsp3) is 0.375. The average Bonchev–Trinajstić information content (AvgIpc) is 3.52. The number of nitrogens with zero attached hydrogens (tertiary/aromatic N) is 4. The Morgan fingerprint density at radius 2 is 1.93 bits per heavy atom. The molecule has 1 aromatic carbocycles. The number of aromatic nitrogens is 3. The minimum Gasteiger partial charge on any atom is -0.471 e. The molecule has 3 aromatic rings. The number of carbonyl (C=O) groups is 1. The van der Waals surface area contributed by atoms with Gasteiger partial charge in [0.15, 0.2) is 0 Å². The Morgan fingerprint density at radius 1 is 1.13 bits per heavy atom. The molecule has 0 unspecified atom stereocenters. The van der Waals surface area contributed by atoms with Gasteiger partial charge in [-0.15, -0.1) is 0 Å². The highest BCUT2D eigenvalue weighted by molar-refractivity contribution is 5.91. The molecule has 2 aromatic heterocycles. The second-order valence-corrected chi connectivity index (χ2v) is 8.33. The number of ether oxygens (including phenoxy) is 1. The van der Waals surface area contributed by atoms with E-state index < -0.39 is 0 Å². The molecule has 1 fully saturated rings. The number of hydrogen-bond donors (Lipinski definition) is 0. The summed E-state index contributed by atoms with van der Waals surface area (Å²) >= 11 is 0. The highest BCUT2D eigenvalue weighted by atomic mass is 16.5. The molecule has 1 aliphatic heterocycles. The predicted octanol–water partition coefficient (Wildman–Crippen LogP) is 3.32. The topological polar surface area (TPSA) is 60.2 Å². The molecular formula is C24H26N4O2. The monoisotopic (exact) mass is 402 g/mol. The van der Waals surface area contributed by atoms with Crippen LogP contribution < -0.4 is 4.74 Å². The van der Waals surface area contributed by atoms with Gasteiger partial charge in [-0.2, -0.15) is 5.10 Å². The van der Waals surface area contributed by atoms with Crippen LogP contribution in [0, 0.1) is 6.92 Å². The van der Waals surface area contributed by atoms with Gasteiger partial charge in [0, 0.05) is 49.6 Å². The quantitative estimate of drug-likeness (QED) is 0.657. The Bertz CT molecular complexity index is 1090. The van der Waals surface area contributed by atoms with Crippen molar-refractivity contribution in [3.8, 4) is 5.88 Å². The summed E-state index contributed by atoms with van der Waals surface area (Å²) < 4.78 is 7.84. The van der Waals surface area contributed by atoms with Crippen LogP contribution in [-0.4, -0.2) is 32.1 Å². The maximum atomic E-state index is 13.5. The molecule has 0 atom stereocenters. The number of rotatable bonds is 5. The van der Waals surface area contributed by atoms with Crippen molar-refractivity contribution in [3.05, 3.63) is 76.7 Å². The van der Waals surface area contributed by atoms with Crippen LogP contribution in [-0.2, 0) is 36.8 Å². The molecule has 6 heteroatoms. The van der Waals surface area contributed by atoms with Crippen LogP contribution in [0.5, 0.6) is 5.88 Å². The molecule has 6 nitrogen and oxygen atoms in total. The number of aryl methyl sites for hydroxylation is 2. The summed E-state index contributed by atoms with van der Waals surface area (Å²) in [5, 5.41) is 4.69. The van der Waals surface area contributed by atoms with Crippen LogP contribution in [0.2, 0.25) is 0 Å². The maximum absolute atomic E-state index is 13.5. The lowest BCUT2D eigenvalue weighted by Crippen LogP contribution is -2.42. The second kappa shape index (κ2) is 7.27. The third kappa shape index (κ3) is 3.26. The molecule has 0 radical (unpaired) electrons. The van der Waals surface area contributed by atoms with E-state index in [9.17, 15) is 4.79 Å². The smallest absolute Gasteiger partial charge is 0.233 e. The number of hydrogen-bond acceptors (Lipinski definition) is 4. The zero-order chi connectivity index (χ0) is 20.7. The van der Waals surface area contributed by atoms with E-state index in [1.165, 1.54) is 5.69 Å². The summed E-state index contributed by atoms with van der Waals surface area (Å²) in [6.45, 7) is 3.63. The van der Waals surface area contributed by atoms with Crippen LogP contribution in [0.3, 0.4) is 0 Å². The standard InChI is InChI=1S/C24H26N4O2/c1-17-7-6-10-22(25-17)30-16-20-19-15-28(14-11-21(19)27(2)26-20)23(29)24(12-13-24)18-8-4-3-5-9-18/h3-10H,11-16H2,1-2H3. The van der Waals surface area contributed by atoms with Crippen LogP contribution in [0.15, 0.2) is 48.5 Å². The summed E-state index contributed by atoms with van der Waals surface area (Å²) in [5.41, 5.74) is 4.93. The van der Waals surface area contributed by atoms with Crippen molar-refractivity contribution in [2.24, 2.45) is 7.05 Å². The zero-order valence-corrected chi connectivity index (χ0v) is 17.5. The van der Waals surface area contributed by atoms with Crippen molar-refractivity contribution >= 4 is 5.91 Å². The first-order chi connectivity index (χ1) is 14.6. The second-order valence-electron chi connectivity index (χ2n) is 8.33. The lowest BCUT2D eigenvalue weighted by atomic mass is 9.93. The third-order valence-corrected chi connectivity index (χ3v) is 6.32. The normalized spacial score (nSPS) is 16.8. The fourth-order valence-corrected chi connectivity index (χ4v) is 4.51. The van der Waals surface area contributed by atoms with E-state index in [0.717, 1.165) is 48.3 Å². The number of carbonyl (C=O) groups excluding carboxylic acids is 1. The molecule has 154 valence electrons. The minimum atomic E-state index is -0.330. The molecule has 30 heavy (non-hydrogen) atoms. The molecule has 1 amide bonds. The van der Waals surface area contributed by atoms with Gasteiger partial charge in [0.05, 0.1) is 5.41 Å². The van der Waals surface area contributed by atoms with Crippen LogP contribution in [0.4, 0.5) is 0 Å². The fourth-order valence-electron chi connectivity index (χ4n) is 4.51. The van der Waals surface area contributed by atoms with Gasteiger partial charge in [0.2, 0.25) is 11.8 Å². The summed E-state index contributed by atoms with van der Waals surface area (Å²) in [6.07, 6.45) is 2.68. The number of benzene rings is 1. The van der Waals surface area contributed by atoms with E-state index in [1.54, 1.807) is 0 Å². The van der Waals surface area contributed by atoms with E-state index in [1.807, 2.05) is 60.0 Å². The highest BCUT2D eigenvalue weighted by Gasteiger charge is 2.53. The van der Waals surface area contributed by atoms with Gasteiger partial charge in [0.1, 0.15) is 12.3 Å². The van der Waals surface area contributed by atoms with E-state index in [0.29, 0.717) is 19.0 Å². The Labute approximate surface area is 176 Å². The number of fused-ring (bicyclic) bond motifs is 1. The molecular weight excluding hydrogens is 376 g/mol. The molecule has 2 aliphatic rings. The van der Waals surface area contributed by atoms with Crippen LogP contribution in [0.1, 0.15) is 41.1 Å². The van der Waals surface area contributed by atoms with Gasteiger partial charge in [-0.1, -0.05) is 36.4 Å². The summed E-state index contributed by atoms with van der Waals surface area (Å²) in [6, 6.07) is 15.9. The van der Waals surface area contributed by atoms with Gasteiger partial charge < -0.3 is 9.64 Å².